The van der Waals surface area contributed by atoms with E-state index in [0.29, 0.717) is 21.8 Å². The SMILES string of the molecule is CCC(=O)CC(c1cccc(O)c1Br)c1cccc(O)c1Br. The number of halogens is 2. The first-order valence-electron chi connectivity index (χ1n) is 6.92. The summed E-state index contributed by atoms with van der Waals surface area (Å²) in [4.78, 5) is 12.0. The van der Waals surface area contributed by atoms with Crippen LogP contribution in [0.1, 0.15) is 36.8 Å². The van der Waals surface area contributed by atoms with Crippen molar-refractivity contribution in [3.8, 4) is 11.5 Å². The predicted molar refractivity (Wildman–Crippen MR) is 93.4 cm³/mol. The molecule has 0 atom stereocenters. The molecule has 0 spiro atoms. The Morgan fingerprint density at radius 3 is 1.86 bits per heavy atom. The molecular formula is C17H16Br2O3. The molecule has 0 aliphatic carbocycles. The quantitative estimate of drug-likeness (QED) is 0.695. The van der Waals surface area contributed by atoms with Crippen molar-refractivity contribution in [2.75, 3.05) is 0 Å². The van der Waals surface area contributed by atoms with E-state index in [0.717, 1.165) is 11.1 Å². The number of phenols is 2. The minimum Gasteiger partial charge on any atom is -0.507 e. The lowest BCUT2D eigenvalue weighted by molar-refractivity contribution is -0.118. The molecular weight excluding hydrogens is 412 g/mol. The van der Waals surface area contributed by atoms with Gasteiger partial charge < -0.3 is 10.2 Å². The molecule has 22 heavy (non-hydrogen) atoms. The molecule has 0 fully saturated rings. The average Bonchev–Trinajstić information content (AvgIpc) is 2.51. The standard InChI is InChI=1S/C17H16Br2O3/c1-2-10(20)9-13(11-5-3-7-14(21)16(11)18)12-6-4-8-15(22)17(12)19/h3-8,13,21-22H,2,9H2,1H3. The lowest BCUT2D eigenvalue weighted by Crippen LogP contribution is -2.09. The minimum absolute atomic E-state index is 0.121. The van der Waals surface area contributed by atoms with E-state index in [4.69, 9.17) is 0 Å². The van der Waals surface area contributed by atoms with E-state index in [1.165, 1.54) is 0 Å². The molecule has 2 aromatic carbocycles. The van der Waals surface area contributed by atoms with Gasteiger partial charge in [0.05, 0.1) is 8.95 Å². The van der Waals surface area contributed by atoms with Gasteiger partial charge in [-0.3, -0.25) is 4.79 Å². The van der Waals surface area contributed by atoms with Gasteiger partial charge in [-0.1, -0.05) is 31.2 Å². The largest absolute Gasteiger partial charge is 0.507 e. The number of benzene rings is 2. The number of aromatic hydroxyl groups is 2. The third-order valence-electron chi connectivity index (χ3n) is 3.59. The number of hydrogen-bond acceptors (Lipinski definition) is 3. The van der Waals surface area contributed by atoms with Crippen molar-refractivity contribution in [3.63, 3.8) is 0 Å². The van der Waals surface area contributed by atoms with Crippen molar-refractivity contribution in [1.82, 2.24) is 0 Å². The normalized spacial score (nSPS) is 10.9. The first kappa shape index (κ1) is 17.0. The van der Waals surface area contributed by atoms with E-state index in [2.05, 4.69) is 31.9 Å². The van der Waals surface area contributed by atoms with E-state index in [1.807, 2.05) is 19.1 Å². The Labute approximate surface area is 146 Å². The van der Waals surface area contributed by atoms with E-state index in [1.54, 1.807) is 24.3 Å². The molecule has 0 saturated carbocycles. The van der Waals surface area contributed by atoms with Gasteiger partial charge in [0.1, 0.15) is 17.3 Å². The predicted octanol–water partition coefficient (Wildman–Crippen LogP) is 5.12. The smallest absolute Gasteiger partial charge is 0.133 e. The zero-order chi connectivity index (χ0) is 16.3. The van der Waals surface area contributed by atoms with Gasteiger partial charge in [0.2, 0.25) is 0 Å². The molecule has 3 nitrogen and oxygen atoms in total. The third kappa shape index (κ3) is 3.52. The molecule has 0 aliphatic heterocycles. The van der Waals surface area contributed by atoms with Gasteiger partial charge in [-0.25, -0.2) is 0 Å². The maximum absolute atomic E-state index is 12.0. The molecule has 0 amide bonds. The topological polar surface area (TPSA) is 57.5 Å². The first-order valence-corrected chi connectivity index (χ1v) is 8.50. The van der Waals surface area contributed by atoms with Gasteiger partial charge in [0.25, 0.3) is 0 Å². The summed E-state index contributed by atoms with van der Waals surface area (Å²) in [5.74, 6) is 0.122. The van der Waals surface area contributed by atoms with Crippen molar-refractivity contribution in [3.05, 3.63) is 56.5 Å². The number of hydrogen-bond donors (Lipinski definition) is 2. The van der Waals surface area contributed by atoms with Gasteiger partial charge >= 0.3 is 0 Å². The molecule has 2 N–H and O–H groups in total. The van der Waals surface area contributed by atoms with Crippen LogP contribution in [0.3, 0.4) is 0 Å². The molecule has 0 unspecified atom stereocenters. The molecule has 5 heteroatoms. The summed E-state index contributed by atoms with van der Waals surface area (Å²) >= 11 is 6.79. The van der Waals surface area contributed by atoms with E-state index in [-0.39, 0.29) is 23.2 Å². The van der Waals surface area contributed by atoms with Crippen molar-refractivity contribution in [1.29, 1.82) is 0 Å². The molecule has 0 saturated heterocycles. The molecule has 0 aromatic heterocycles. The monoisotopic (exact) mass is 426 g/mol. The van der Waals surface area contributed by atoms with Crippen LogP contribution in [0.25, 0.3) is 0 Å². The summed E-state index contributed by atoms with van der Waals surface area (Å²) in [5, 5.41) is 19.8. The number of rotatable bonds is 5. The zero-order valence-corrected chi connectivity index (χ0v) is 15.2. The minimum atomic E-state index is -0.254. The second-order valence-electron chi connectivity index (χ2n) is 5.01. The fraction of sp³-hybridized carbons (Fsp3) is 0.235. The molecule has 0 bridgehead atoms. The highest BCUT2D eigenvalue weighted by atomic mass is 79.9. The van der Waals surface area contributed by atoms with E-state index >= 15 is 0 Å². The van der Waals surface area contributed by atoms with Crippen LogP contribution in [-0.2, 0) is 4.79 Å². The highest BCUT2D eigenvalue weighted by molar-refractivity contribution is 9.11. The highest BCUT2D eigenvalue weighted by Crippen LogP contribution is 2.42. The highest BCUT2D eigenvalue weighted by Gasteiger charge is 2.23. The average molecular weight is 428 g/mol. The summed E-state index contributed by atoms with van der Waals surface area (Å²) in [6.45, 7) is 1.83. The van der Waals surface area contributed by atoms with Crippen LogP contribution in [0, 0.1) is 0 Å². The van der Waals surface area contributed by atoms with Gasteiger partial charge in [-0.15, -0.1) is 0 Å². The Kier molecular flexibility index (Phi) is 5.64. The summed E-state index contributed by atoms with van der Waals surface area (Å²) in [6, 6.07) is 10.4. The van der Waals surface area contributed by atoms with Crippen LogP contribution in [-0.4, -0.2) is 16.0 Å². The van der Waals surface area contributed by atoms with Crippen LogP contribution in [0.2, 0.25) is 0 Å². The number of carbonyl (C=O) groups excluding carboxylic acids is 1. The van der Waals surface area contributed by atoms with Crippen molar-refractivity contribution in [2.24, 2.45) is 0 Å². The van der Waals surface area contributed by atoms with Crippen LogP contribution in [0.5, 0.6) is 11.5 Å². The molecule has 0 aliphatic rings. The first-order chi connectivity index (χ1) is 10.5. The number of ketones is 1. The van der Waals surface area contributed by atoms with E-state index in [9.17, 15) is 15.0 Å². The van der Waals surface area contributed by atoms with Crippen LogP contribution >= 0.6 is 31.9 Å². The Bertz CT molecular complexity index is 647. The zero-order valence-electron chi connectivity index (χ0n) is 12.0. The molecule has 116 valence electrons. The van der Waals surface area contributed by atoms with Gasteiger partial charge in [0, 0.05) is 18.8 Å². The van der Waals surface area contributed by atoms with Crippen molar-refractivity contribution in [2.45, 2.75) is 25.7 Å². The molecule has 2 rings (SSSR count). The van der Waals surface area contributed by atoms with Crippen LogP contribution in [0.4, 0.5) is 0 Å². The van der Waals surface area contributed by atoms with Crippen LogP contribution < -0.4 is 0 Å². The summed E-state index contributed by atoms with van der Waals surface area (Å²) in [7, 11) is 0. The third-order valence-corrected chi connectivity index (χ3v) is 5.32. The van der Waals surface area contributed by atoms with Gasteiger partial charge in [-0.05, 0) is 55.1 Å². The maximum Gasteiger partial charge on any atom is 0.133 e. The summed E-state index contributed by atoms with van der Waals surface area (Å²) < 4.78 is 1.14. The van der Waals surface area contributed by atoms with Crippen molar-refractivity contribution >= 4 is 37.6 Å². The Hall–Kier alpha value is -1.33. The van der Waals surface area contributed by atoms with Gasteiger partial charge in [0.15, 0.2) is 0 Å². The lowest BCUT2D eigenvalue weighted by Gasteiger charge is -2.21. The Balaban J connectivity index is 2.58. The summed E-state index contributed by atoms with van der Waals surface area (Å²) in [5.41, 5.74) is 1.63. The maximum atomic E-state index is 12.0. The van der Waals surface area contributed by atoms with Crippen LogP contribution in [0.15, 0.2) is 45.3 Å². The molecule has 0 heterocycles. The summed E-state index contributed by atoms with van der Waals surface area (Å²) in [6.07, 6.45) is 0.754. The number of phenolic OH excluding ortho intramolecular Hbond substituents is 2. The van der Waals surface area contributed by atoms with Crippen molar-refractivity contribution < 1.29 is 15.0 Å². The van der Waals surface area contributed by atoms with E-state index < -0.39 is 0 Å². The van der Waals surface area contributed by atoms with Gasteiger partial charge in [-0.2, -0.15) is 0 Å². The fourth-order valence-electron chi connectivity index (χ4n) is 2.37. The lowest BCUT2D eigenvalue weighted by atomic mass is 9.86. The number of Topliss-reactive ketones (excluding diaryl/α,β-unsaturated/α-hetero) is 1. The fourth-order valence-corrected chi connectivity index (χ4v) is 3.45. The molecule has 2 aromatic rings. The molecule has 0 radical (unpaired) electrons. The second kappa shape index (κ2) is 7.29. The second-order valence-corrected chi connectivity index (χ2v) is 6.60. The Morgan fingerprint density at radius 2 is 1.45 bits per heavy atom. The number of carbonyl (C=O) groups is 1. The Morgan fingerprint density at radius 1 is 1.00 bits per heavy atom.